The van der Waals surface area contributed by atoms with Crippen LogP contribution < -0.4 is 0 Å². The largest absolute Gasteiger partial charge is 0.330 e. The van der Waals surface area contributed by atoms with Crippen LogP contribution in [0.15, 0.2) is 24.4 Å². The maximum absolute atomic E-state index is 12.5. The van der Waals surface area contributed by atoms with Crippen molar-refractivity contribution in [2.24, 2.45) is 0 Å². The van der Waals surface area contributed by atoms with Gasteiger partial charge >= 0.3 is 0 Å². The second-order valence-electron chi connectivity index (χ2n) is 5.11. The molecule has 18 heavy (non-hydrogen) atoms. The first kappa shape index (κ1) is 11.4. The fourth-order valence-electron chi connectivity index (χ4n) is 3.13. The lowest BCUT2D eigenvalue weighted by Crippen LogP contribution is -2.55. The summed E-state index contributed by atoms with van der Waals surface area (Å²) in [6.45, 7) is 0. The highest BCUT2D eigenvalue weighted by molar-refractivity contribution is 5.94. The van der Waals surface area contributed by atoms with Crippen molar-refractivity contribution < 1.29 is 9.59 Å². The molecule has 4 heteroatoms. The van der Waals surface area contributed by atoms with Crippen molar-refractivity contribution in [3.8, 4) is 0 Å². The average Bonchev–Trinajstić information content (AvgIpc) is 2.38. The summed E-state index contributed by atoms with van der Waals surface area (Å²) in [5.41, 5.74) is 0.490. The molecule has 4 nitrogen and oxygen atoms in total. The van der Waals surface area contributed by atoms with Crippen molar-refractivity contribution in [1.82, 2.24) is 9.88 Å². The number of fused-ring (bicyclic) bond motifs is 2. The minimum Gasteiger partial charge on any atom is -0.330 e. The molecule has 2 aliphatic rings. The van der Waals surface area contributed by atoms with Crippen molar-refractivity contribution in [3.05, 3.63) is 30.1 Å². The summed E-state index contributed by atoms with van der Waals surface area (Å²) in [6.07, 6.45) is 5.69. The Morgan fingerprint density at radius 1 is 1.22 bits per heavy atom. The van der Waals surface area contributed by atoms with E-state index in [1.807, 2.05) is 11.0 Å². The van der Waals surface area contributed by atoms with E-state index in [4.69, 9.17) is 0 Å². The molecule has 0 aromatic carbocycles. The number of pyridine rings is 1. The third-order valence-electron chi connectivity index (χ3n) is 3.91. The Labute approximate surface area is 106 Å². The first-order valence-corrected chi connectivity index (χ1v) is 6.51. The first-order chi connectivity index (χ1) is 8.75. The summed E-state index contributed by atoms with van der Waals surface area (Å²) < 4.78 is 0. The highest BCUT2D eigenvalue weighted by Crippen LogP contribution is 2.33. The molecule has 1 amide bonds. The van der Waals surface area contributed by atoms with E-state index in [0.717, 1.165) is 19.3 Å². The van der Waals surface area contributed by atoms with E-state index >= 15 is 0 Å². The molecule has 1 aromatic heterocycles. The summed E-state index contributed by atoms with van der Waals surface area (Å²) in [6, 6.07) is 5.57. The highest BCUT2D eigenvalue weighted by Gasteiger charge is 2.40. The minimum absolute atomic E-state index is 0.0159. The monoisotopic (exact) mass is 244 g/mol. The lowest BCUT2D eigenvalue weighted by Gasteiger charge is -2.45. The molecule has 0 N–H and O–H groups in total. The Morgan fingerprint density at radius 3 is 2.56 bits per heavy atom. The number of carbonyl (C=O) groups excluding carboxylic acids is 2. The van der Waals surface area contributed by atoms with Gasteiger partial charge in [-0.25, -0.2) is 0 Å². The zero-order valence-corrected chi connectivity index (χ0v) is 10.2. The number of nitrogens with zero attached hydrogens (tertiary/aromatic N) is 2. The van der Waals surface area contributed by atoms with Crippen LogP contribution in [-0.2, 0) is 4.79 Å². The summed E-state index contributed by atoms with van der Waals surface area (Å²) in [4.78, 5) is 30.1. The van der Waals surface area contributed by atoms with Crippen LogP contribution in [0.25, 0.3) is 0 Å². The van der Waals surface area contributed by atoms with Crippen LogP contribution in [-0.4, -0.2) is 33.7 Å². The number of hydrogen-bond donors (Lipinski definition) is 0. The van der Waals surface area contributed by atoms with Crippen LogP contribution in [0, 0.1) is 0 Å². The van der Waals surface area contributed by atoms with Crippen LogP contribution in [0.5, 0.6) is 0 Å². The first-order valence-electron chi connectivity index (χ1n) is 6.51. The van der Waals surface area contributed by atoms with Crippen LogP contribution in [0.4, 0.5) is 0 Å². The number of rotatable bonds is 1. The quantitative estimate of drug-likeness (QED) is 0.757. The number of amides is 1. The van der Waals surface area contributed by atoms with Gasteiger partial charge in [0.15, 0.2) is 0 Å². The summed E-state index contributed by atoms with van der Waals surface area (Å²) in [5.74, 6) is 0.285. The molecule has 2 fully saturated rings. The second-order valence-corrected chi connectivity index (χ2v) is 5.11. The van der Waals surface area contributed by atoms with Gasteiger partial charge in [0, 0.05) is 31.1 Å². The highest BCUT2D eigenvalue weighted by atomic mass is 16.2. The Balaban J connectivity index is 1.87. The van der Waals surface area contributed by atoms with Crippen molar-refractivity contribution in [2.75, 3.05) is 0 Å². The third kappa shape index (κ3) is 1.92. The zero-order chi connectivity index (χ0) is 12.5. The molecule has 0 radical (unpaired) electrons. The number of carbonyl (C=O) groups is 2. The van der Waals surface area contributed by atoms with Crippen molar-refractivity contribution >= 4 is 11.7 Å². The SMILES string of the molecule is O=C1CC2CCCC(C1)N2C(=O)c1ccccn1. The topological polar surface area (TPSA) is 50.3 Å². The summed E-state index contributed by atoms with van der Waals surface area (Å²) in [7, 11) is 0. The van der Waals surface area contributed by atoms with E-state index in [2.05, 4.69) is 4.98 Å². The van der Waals surface area contributed by atoms with Crippen molar-refractivity contribution in [1.29, 1.82) is 0 Å². The molecule has 0 aliphatic carbocycles. The summed E-state index contributed by atoms with van der Waals surface area (Å²) in [5, 5.41) is 0. The van der Waals surface area contributed by atoms with E-state index in [1.165, 1.54) is 0 Å². The van der Waals surface area contributed by atoms with Crippen molar-refractivity contribution in [2.45, 2.75) is 44.2 Å². The van der Waals surface area contributed by atoms with E-state index in [1.54, 1.807) is 18.3 Å². The van der Waals surface area contributed by atoms with Gasteiger partial charge in [-0.2, -0.15) is 0 Å². The van der Waals surface area contributed by atoms with Crippen molar-refractivity contribution in [3.63, 3.8) is 0 Å². The van der Waals surface area contributed by atoms with E-state index in [0.29, 0.717) is 24.3 Å². The molecule has 2 atom stereocenters. The average molecular weight is 244 g/mol. The molecule has 1 aromatic rings. The number of piperidine rings is 2. The Hall–Kier alpha value is -1.71. The molecular formula is C14H16N2O2. The number of aromatic nitrogens is 1. The van der Waals surface area contributed by atoms with Gasteiger partial charge in [-0.15, -0.1) is 0 Å². The fourth-order valence-corrected chi connectivity index (χ4v) is 3.13. The van der Waals surface area contributed by atoms with Gasteiger partial charge in [0.2, 0.25) is 0 Å². The van der Waals surface area contributed by atoms with Gasteiger partial charge in [-0.1, -0.05) is 6.07 Å². The predicted octanol–water partition coefficient (Wildman–Crippen LogP) is 1.81. The predicted molar refractivity (Wildman–Crippen MR) is 66.1 cm³/mol. The van der Waals surface area contributed by atoms with Gasteiger partial charge in [-0.3, -0.25) is 14.6 Å². The Bertz CT molecular complexity index is 456. The minimum atomic E-state index is -0.0159. The molecule has 2 unspecified atom stereocenters. The summed E-state index contributed by atoms with van der Waals surface area (Å²) >= 11 is 0. The van der Waals surface area contributed by atoms with Crippen LogP contribution in [0.3, 0.4) is 0 Å². The maximum atomic E-state index is 12.5. The van der Waals surface area contributed by atoms with Crippen LogP contribution >= 0.6 is 0 Å². The molecule has 94 valence electrons. The molecule has 0 spiro atoms. The van der Waals surface area contributed by atoms with Gasteiger partial charge in [-0.05, 0) is 31.4 Å². The number of hydrogen-bond acceptors (Lipinski definition) is 3. The van der Waals surface area contributed by atoms with E-state index < -0.39 is 0 Å². The second kappa shape index (κ2) is 4.52. The molecule has 2 aliphatic heterocycles. The number of Topliss-reactive ketones (excluding diaryl/α,β-unsaturated/α-hetero) is 1. The Kier molecular flexibility index (Phi) is 2.86. The molecular weight excluding hydrogens is 228 g/mol. The van der Waals surface area contributed by atoms with E-state index in [9.17, 15) is 9.59 Å². The van der Waals surface area contributed by atoms with Gasteiger partial charge < -0.3 is 4.90 Å². The lowest BCUT2D eigenvalue weighted by atomic mass is 9.83. The normalized spacial score (nSPS) is 27.1. The van der Waals surface area contributed by atoms with Gasteiger partial charge in [0.05, 0.1) is 0 Å². The maximum Gasteiger partial charge on any atom is 0.272 e. The van der Waals surface area contributed by atoms with Gasteiger partial charge in [0.1, 0.15) is 11.5 Å². The lowest BCUT2D eigenvalue weighted by molar-refractivity contribution is -0.125. The Morgan fingerprint density at radius 2 is 1.94 bits per heavy atom. The van der Waals surface area contributed by atoms with E-state index in [-0.39, 0.29) is 18.0 Å². The van der Waals surface area contributed by atoms with Gasteiger partial charge in [0.25, 0.3) is 5.91 Å². The molecule has 2 bridgehead atoms. The standard InChI is InChI=1S/C14H16N2O2/c17-12-8-10-4-3-5-11(9-12)16(10)14(18)13-6-1-2-7-15-13/h1-2,6-7,10-11H,3-5,8-9H2. The molecule has 3 heterocycles. The molecule has 2 saturated heterocycles. The molecule has 0 saturated carbocycles. The molecule has 3 rings (SSSR count). The number of ketones is 1. The third-order valence-corrected chi connectivity index (χ3v) is 3.91. The van der Waals surface area contributed by atoms with Crippen LogP contribution in [0.1, 0.15) is 42.6 Å². The zero-order valence-electron chi connectivity index (χ0n) is 10.2. The fraction of sp³-hybridized carbons (Fsp3) is 0.500. The smallest absolute Gasteiger partial charge is 0.272 e. The van der Waals surface area contributed by atoms with Crippen LogP contribution in [0.2, 0.25) is 0 Å².